The highest BCUT2D eigenvalue weighted by atomic mass is 16.5. The van der Waals surface area contributed by atoms with Crippen molar-refractivity contribution < 1.29 is 14.3 Å². The zero-order valence-corrected chi connectivity index (χ0v) is 11.5. The van der Waals surface area contributed by atoms with Crippen LogP contribution in [0.4, 0.5) is 5.69 Å². The number of carbonyl (C=O) groups is 2. The van der Waals surface area contributed by atoms with E-state index in [0.29, 0.717) is 12.2 Å². The summed E-state index contributed by atoms with van der Waals surface area (Å²) in [5.41, 5.74) is 6.41. The lowest BCUT2D eigenvalue weighted by atomic mass is 9.98. The van der Waals surface area contributed by atoms with E-state index in [0.717, 1.165) is 19.3 Å². The van der Waals surface area contributed by atoms with Crippen molar-refractivity contribution in [1.82, 2.24) is 9.88 Å². The van der Waals surface area contributed by atoms with E-state index in [4.69, 9.17) is 10.5 Å². The molecule has 1 atom stereocenters. The molecule has 2 N–H and O–H groups in total. The topological polar surface area (TPSA) is 85.5 Å². The number of ether oxygens (including phenoxy) is 1. The molecule has 1 aromatic heterocycles. The maximum atomic E-state index is 12.5. The molecule has 0 radical (unpaired) electrons. The fourth-order valence-corrected chi connectivity index (χ4v) is 2.49. The van der Waals surface area contributed by atoms with Gasteiger partial charge in [0.15, 0.2) is 5.69 Å². The Morgan fingerprint density at radius 1 is 1.50 bits per heavy atom. The Morgan fingerprint density at radius 2 is 2.30 bits per heavy atom. The molecule has 0 saturated carbocycles. The average molecular weight is 277 g/mol. The zero-order chi connectivity index (χ0) is 14.5. The molecule has 0 aromatic carbocycles. The summed E-state index contributed by atoms with van der Waals surface area (Å²) in [6, 6.07) is 3.21. The first-order valence-electron chi connectivity index (χ1n) is 6.71. The number of likely N-dealkylation sites (tertiary alicyclic amines) is 1. The number of anilines is 1. The largest absolute Gasteiger partial charge is 0.469 e. The van der Waals surface area contributed by atoms with Crippen LogP contribution >= 0.6 is 0 Å². The van der Waals surface area contributed by atoms with Crippen LogP contribution < -0.4 is 5.73 Å². The van der Waals surface area contributed by atoms with Crippen LogP contribution in [0, 0.1) is 0 Å². The molecule has 1 aromatic rings. The molecule has 108 valence electrons. The van der Waals surface area contributed by atoms with Gasteiger partial charge in [0.2, 0.25) is 0 Å². The minimum Gasteiger partial charge on any atom is -0.469 e. The molecule has 1 amide bonds. The second kappa shape index (κ2) is 6.36. The zero-order valence-electron chi connectivity index (χ0n) is 11.5. The molecule has 1 aliphatic heterocycles. The third kappa shape index (κ3) is 3.07. The van der Waals surface area contributed by atoms with Crippen LogP contribution in [0.15, 0.2) is 18.3 Å². The van der Waals surface area contributed by atoms with Crippen LogP contribution in [0.5, 0.6) is 0 Å². The van der Waals surface area contributed by atoms with E-state index in [2.05, 4.69) is 4.98 Å². The Balaban J connectivity index is 2.17. The number of piperidine rings is 1. The number of nitrogen functional groups attached to an aromatic ring is 1. The molecular weight excluding hydrogens is 258 g/mol. The fraction of sp³-hybridized carbons (Fsp3) is 0.500. The van der Waals surface area contributed by atoms with Crippen LogP contribution in [0.1, 0.15) is 36.2 Å². The first-order chi connectivity index (χ1) is 9.63. The quantitative estimate of drug-likeness (QED) is 0.840. The van der Waals surface area contributed by atoms with Gasteiger partial charge < -0.3 is 15.4 Å². The second-order valence-electron chi connectivity index (χ2n) is 4.87. The maximum Gasteiger partial charge on any atom is 0.307 e. The van der Waals surface area contributed by atoms with E-state index in [1.165, 1.54) is 7.11 Å². The minimum atomic E-state index is -0.302. The second-order valence-corrected chi connectivity index (χ2v) is 4.87. The van der Waals surface area contributed by atoms with Crippen LogP contribution in [0.3, 0.4) is 0 Å². The van der Waals surface area contributed by atoms with Gasteiger partial charge in [-0.2, -0.15) is 0 Å². The van der Waals surface area contributed by atoms with Gasteiger partial charge in [0.1, 0.15) is 0 Å². The monoisotopic (exact) mass is 277 g/mol. The smallest absolute Gasteiger partial charge is 0.307 e. The van der Waals surface area contributed by atoms with Gasteiger partial charge in [-0.3, -0.25) is 9.59 Å². The van der Waals surface area contributed by atoms with E-state index < -0.39 is 0 Å². The van der Waals surface area contributed by atoms with E-state index in [1.54, 1.807) is 23.2 Å². The van der Waals surface area contributed by atoms with Crippen molar-refractivity contribution in [2.45, 2.75) is 31.7 Å². The van der Waals surface area contributed by atoms with Gasteiger partial charge in [-0.15, -0.1) is 0 Å². The average Bonchev–Trinajstić information content (AvgIpc) is 2.47. The van der Waals surface area contributed by atoms with E-state index in [-0.39, 0.29) is 30.0 Å². The summed E-state index contributed by atoms with van der Waals surface area (Å²) in [6.07, 6.45) is 4.49. The SMILES string of the molecule is COC(=O)CC1CCCCN1C(=O)c1ncccc1N. The number of methoxy groups -OCH3 is 1. The van der Waals surface area contributed by atoms with Crippen molar-refractivity contribution in [3.05, 3.63) is 24.0 Å². The molecule has 6 nitrogen and oxygen atoms in total. The summed E-state index contributed by atoms with van der Waals surface area (Å²) in [4.78, 5) is 29.7. The number of nitrogens with two attached hydrogens (primary N) is 1. The van der Waals surface area contributed by atoms with E-state index >= 15 is 0 Å². The third-order valence-electron chi connectivity index (χ3n) is 3.56. The number of hydrogen-bond acceptors (Lipinski definition) is 5. The van der Waals surface area contributed by atoms with Crippen molar-refractivity contribution in [3.8, 4) is 0 Å². The summed E-state index contributed by atoms with van der Waals surface area (Å²) >= 11 is 0. The van der Waals surface area contributed by atoms with Crippen molar-refractivity contribution >= 4 is 17.6 Å². The van der Waals surface area contributed by atoms with Crippen LogP contribution in [0.2, 0.25) is 0 Å². The Labute approximate surface area is 117 Å². The van der Waals surface area contributed by atoms with Crippen molar-refractivity contribution in [3.63, 3.8) is 0 Å². The standard InChI is InChI=1S/C14H19N3O3/c1-20-12(18)9-10-5-2-3-8-17(10)14(19)13-11(15)6-4-7-16-13/h4,6-7,10H,2-3,5,8-9,15H2,1H3. The highest BCUT2D eigenvalue weighted by Gasteiger charge is 2.30. The van der Waals surface area contributed by atoms with Gasteiger partial charge >= 0.3 is 5.97 Å². The van der Waals surface area contributed by atoms with Crippen LogP contribution in [0.25, 0.3) is 0 Å². The minimum absolute atomic E-state index is 0.134. The van der Waals surface area contributed by atoms with Crippen molar-refractivity contribution in [2.24, 2.45) is 0 Å². The van der Waals surface area contributed by atoms with Gasteiger partial charge in [0.25, 0.3) is 5.91 Å². The predicted molar refractivity (Wildman–Crippen MR) is 74.0 cm³/mol. The molecule has 1 unspecified atom stereocenters. The summed E-state index contributed by atoms with van der Waals surface area (Å²) in [5, 5.41) is 0. The highest BCUT2D eigenvalue weighted by molar-refractivity contribution is 5.97. The van der Waals surface area contributed by atoms with Gasteiger partial charge in [0, 0.05) is 18.8 Å². The first kappa shape index (κ1) is 14.3. The maximum absolute atomic E-state index is 12.5. The van der Waals surface area contributed by atoms with Crippen LogP contribution in [-0.4, -0.2) is 41.5 Å². The number of aromatic nitrogens is 1. The predicted octanol–water partition coefficient (Wildman–Crippen LogP) is 1.22. The molecule has 6 heteroatoms. The fourth-order valence-electron chi connectivity index (χ4n) is 2.49. The normalized spacial score (nSPS) is 18.6. The molecule has 0 aliphatic carbocycles. The number of hydrogen-bond donors (Lipinski definition) is 1. The Hall–Kier alpha value is -2.11. The number of amides is 1. The summed E-state index contributed by atoms with van der Waals surface area (Å²) in [5.74, 6) is -0.514. The van der Waals surface area contributed by atoms with Crippen molar-refractivity contribution in [2.75, 3.05) is 19.4 Å². The first-order valence-corrected chi connectivity index (χ1v) is 6.71. The number of carbonyl (C=O) groups excluding carboxylic acids is 2. The Bertz CT molecular complexity index is 504. The third-order valence-corrected chi connectivity index (χ3v) is 3.56. The number of nitrogens with zero attached hydrogens (tertiary/aromatic N) is 2. The highest BCUT2D eigenvalue weighted by Crippen LogP contribution is 2.23. The Kier molecular flexibility index (Phi) is 4.55. The molecule has 2 rings (SSSR count). The molecule has 2 heterocycles. The lowest BCUT2D eigenvalue weighted by molar-refractivity contribution is -0.142. The molecule has 0 bridgehead atoms. The summed E-state index contributed by atoms with van der Waals surface area (Å²) < 4.78 is 4.69. The summed E-state index contributed by atoms with van der Waals surface area (Å²) in [7, 11) is 1.36. The lowest BCUT2D eigenvalue weighted by Gasteiger charge is -2.35. The number of esters is 1. The number of rotatable bonds is 3. The molecule has 1 fully saturated rings. The lowest BCUT2D eigenvalue weighted by Crippen LogP contribution is -2.45. The number of pyridine rings is 1. The molecule has 1 saturated heterocycles. The molecular formula is C14H19N3O3. The van der Waals surface area contributed by atoms with E-state index in [9.17, 15) is 9.59 Å². The van der Waals surface area contributed by atoms with E-state index in [1.807, 2.05) is 0 Å². The van der Waals surface area contributed by atoms with Gasteiger partial charge in [-0.1, -0.05) is 0 Å². The Morgan fingerprint density at radius 3 is 3.00 bits per heavy atom. The van der Waals surface area contributed by atoms with Crippen LogP contribution in [-0.2, 0) is 9.53 Å². The van der Waals surface area contributed by atoms with Gasteiger partial charge in [-0.25, -0.2) is 4.98 Å². The molecule has 0 spiro atoms. The summed E-state index contributed by atoms with van der Waals surface area (Å²) in [6.45, 7) is 0.622. The molecule has 1 aliphatic rings. The van der Waals surface area contributed by atoms with Gasteiger partial charge in [0.05, 0.1) is 19.2 Å². The van der Waals surface area contributed by atoms with Gasteiger partial charge in [-0.05, 0) is 31.4 Å². The molecule has 20 heavy (non-hydrogen) atoms. The van der Waals surface area contributed by atoms with Crippen molar-refractivity contribution in [1.29, 1.82) is 0 Å².